The molecule has 1 saturated heterocycles. The van der Waals surface area contributed by atoms with E-state index in [-0.39, 0.29) is 30.0 Å². The van der Waals surface area contributed by atoms with Gasteiger partial charge in [-0.15, -0.1) is 0 Å². The van der Waals surface area contributed by atoms with E-state index in [2.05, 4.69) is 4.98 Å². The van der Waals surface area contributed by atoms with E-state index in [0.29, 0.717) is 31.4 Å². The highest BCUT2D eigenvalue weighted by atomic mass is 32.2. The average Bonchev–Trinajstić information content (AvgIpc) is 2.67. The van der Waals surface area contributed by atoms with E-state index in [1.165, 1.54) is 17.5 Å². The third-order valence-corrected chi connectivity index (χ3v) is 6.73. The summed E-state index contributed by atoms with van der Waals surface area (Å²) in [6.07, 6.45) is 3.72. The van der Waals surface area contributed by atoms with Gasteiger partial charge in [0.1, 0.15) is 10.9 Å². The molecule has 0 bridgehead atoms. The maximum Gasteiger partial charge on any atom is 0.324 e. The monoisotopic (exact) mass is 414 g/mol. The minimum Gasteiger partial charge on any atom is -0.474 e. The number of unbranched alkanes of at least 4 members (excludes halogenated alkanes) is 1. The second kappa shape index (κ2) is 10.2. The lowest BCUT2D eigenvalue weighted by atomic mass is 10.1. The predicted molar refractivity (Wildman–Crippen MR) is 104 cm³/mol. The van der Waals surface area contributed by atoms with Gasteiger partial charge in [-0.1, -0.05) is 0 Å². The Balaban J connectivity index is 2.32. The number of carbonyl (C=O) groups is 1. The zero-order valence-corrected chi connectivity index (χ0v) is 17.6. The molecule has 1 aromatic rings. The number of aliphatic hydroxyl groups is 1. The molecule has 0 spiro atoms. The van der Waals surface area contributed by atoms with Crippen molar-refractivity contribution < 1.29 is 27.8 Å². The number of aromatic nitrogens is 1. The molecule has 2 rings (SSSR count). The first kappa shape index (κ1) is 22.6. The number of nitrogens with zero attached hydrogens (tertiary/aromatic N) is 2. The van der Waals surface area contributed by atoms with Gasteiger partial charge < -0.3 is 14.6 Å². The number of carbonyl (C=O) groups excluding carboxylic acids is 1. The second-order valence-corrected chi connectivity index (χ2v) is 8.91. The van der Waals surface area contributed by atoms with E-state index in [9.17, 15) is 13.2 Å². The van der Waals surface area contributed by atoms with Crippen LogP contribution in [0.25, 0.3) is 0 Å². The van der Waals surface area contributed by atoms with Crippen LogP contribution in [0.1, 0.15) is 51.1 Å². The van der Waals surface area contributed by atoms with E-state index in [0.717, 1.165) is 12.8 Å². The first-order valence-electron chi connectivity index (χ1n) is 9.66. The minimum absolute atomic E-state index is 0.0390. The lowest BCUT2D eigenvalue weighted by molar-refractivity contribution is -0.146. The molecule has 0 radical (unpaired) electrons. The summed E-state index contributed by atoms with van der Waals surface area (Å²) in [7, 11) is -2.72. The Bertz CT molecular complexity index is 768. The molecule has 0 aliphatic carbocycles. The number of piperidine rings is 1. The van der Waals surface area contributed by atoms with Crippen molar-refractivity contribution in [3.8, 4) is 5.88 Å². The molecule has 2 atom stereocenters. The average molecular weight is 415 g/mol. The number of aliphatic hydroxyl groups excluding tert-OH is 1. The Morgan fingerprint density at radius 3 is 2.79 bits per heavy atom. The number of methoxy groups -OCH3 is 1. The van der Waals surface area contributed by atoms with Gasteiger partial charge in [0.15, 0.2) is 0 Å². The Morgan fingerprint density at radius 1 is 1.36 bits per heavy atom. The van der Waals surface area contributed by atoms with Gasteiger partial charge >= 0.3 is 5.97 Å². The van der Waals surface area contributed by atoms with Crippen molar-refractivity contribution in [1.82, 2.24) is 9.29 Å². The standard InChI is InChI=1S/C19H30N2O6S/c1-14-10-11-17(18(20-14)27-15(2)8-5-7-13-22)28(24,25)21-12-6-4-9-16(21)19(23)26-3/h10-11,15-16,22H,4-9,12-13H2,1-3H3/t15-,16+/m1/s1. The fraction of sp³-hybridized carbons (Fsp3) is 0.684. The highest BCUT2D eigenvalue weighted by molar-refractivity contribution is 7.89. The molecule has 1 N–H and O–H groups in total. The van der Waals surface area contributed by atoms with Crippen molar-refractivity contribution in [3.05, 3.63) is 17.8 Å². The van der Waals surface area contributed by atoms with Gasteiger partial charge in [-0.2, -0.15) is 4.31 Å². The number of pyridine rings is 1. The van der Waals surface area contributed by atoms with Crippen LogP contribution in [0.5, 0.6) is 5.88 Å². The number of hydrogen-bond acceptors (Lipinski definition) is 7. The van der Waals surface area contributed by atoms with Crippen LogP contribution in [0, 0.1) is 6.92 Å². The molecule has 2 heterocycles. The third-order valence-electron chi connectivity index (χ3n) is 4.81. The van der Waals surface area contributed by atoms with Crippen molar-refractivity contribution in [2.45, 2.75) is 69.4 Å². The molecular weight excluding hydrogens is 384 g/mol. The number of hydrogen-bond donors (Lipinski definition) is 1. The fourth-order valence-corrected chi connectivity index (χ4v) is 4.99. The third kappa shape index (κ3) is 5.42. The summed E-state index contributed by atoms with van der Waals surface area (Å²) < 4.78 is 38.6. The van der Waals surface area contributed by atoms with E-state index < -0.39 is 22.0 Å². The maximum absolute atomic E-state index is 13.4. The van der Waals surface area contributed by atoms with Crippen LogP contribution in [0.4, 0.5) is 0 Å². The van der Waals surface area contributed by atoms with Gasteiger partial charge in [-0.3, -0.25) is 4.79 Å². The minimum atomic E-state index is -3.98. The molecular formula is C19H30N2O6S. The molecule has 28 heavy (non-hydrogen) atoms. The second-order valence-electron chi connectivity index (χ2n) is 7.05. The van der Waals surface area contributed by atoms with Crippen LogP contribution in [-0.2, 0) is 19.6 Å². The summed E-state index contributed by atoms with van der Waals surface area (Å²) in [6.45, 7) is 3.97. The number of aryl methyl sites for hydroxylation is 1. The Labute approximate surface area is 166 Å². The molecule has 158 valence electrons. The quantitative estimate of drug-likeness (QED) is 0.487. The van der Waals surface area contributed by atoms with Crippen LogP contribution in [0.15, 0.2) is 17.0 Å². The first-order chi connectivity index (χ1) is 13.3. The number of sulfonamides is 1. The van der Waals surface area contributed by atoms with Crippen molar-refractivity contribution in [1.29, 1.82) is 0 Å². The predicted octanol–water partition coefficient (Wildman–Crippen LogP) is 2.04. The zero-order valence-electron chi connectivity index (χ0n) is 16.8. The largest absolute Gasteiger partial charge is 0.474 e. The topological polar surface area (TPSA) is 106 Å². The molecule has 0 aromatic carbocycles. The summed E-state index contributed by atoms with van der Waals surface area (Å²) >= 11 is 0. The number of ether oxygens (including phenoxy) is 2. The van der Waals surface area contributed by atoms with Crippen molar-refractivity contribution in [2.75, 3.05) is 20.3 Å². The van der Waals surface area contributed by atoms with Crippen LogP contribution in [-0.4, -0.2) is 61.2 Å². The maximum atomic E-state index is 13.4. The summed E-state index contributed by atoms with van der Waals surface area (Å²) in [4.78, 5) is 16.4. The summed E-state index contributed by atoms with van der Waals surface area (Å²) in [6, 6.07) is 2.27. The van der Waals surface area contributed by atoms with Crippen molar-refractivity contribution in [3.63, 3.8) is 0 Å². The highest BCUT2D eigenvalue weighted by Crippen LogP contribution is 2.31. The Morgan fingerprint density at radius 2 is 2.11 bits per heavy atom. The van der Waals surface area contributed by atoms with E-state index in [1.807, 2.05) is 6.92 Å². The molecule has 1 aromatic heterocycles. The van der Waals surface area contributed by atoms with Crippen LogP contribution >= 0.6 is 0 Å². The fourth-order valence-electron chi connectivity index (χ4n) is 3.28. The van der Waals surface area contributed by atoms with Gasteiger partial charge in [0.25, 0.3) is 0 Å². The lowest BCUT2D eigenvalue weighted by Crippen LogP contribution is -2.48. The van der Waals surface area contributed by atoms with E-state index >= 15 is 0 Å². The van der Waals surface area contributed by atoms with Crippen LogP contribution in [0.2, 0.25) is 0 Å². The first-order valence-corrected chi connectivity index (χ1v) is 11.1. The molecule has 0 saturated carbocycles. The molecule has 0 unspecified atom stereocenters. The SMILES string of the molecule is COC(=O)[C@@H]1CCCCN1S(=O)(=O)c1ccc(C)nc1O[C@H](C)CCCCO. The molecule has 0 amide bonds. The van der Waals surface area contributed by atoms with Crippen molar-refractivity contribution in [2.24, 2.45) is 0 Å². The zero-order chi connectivity index (χ0) is 20.7. The number of esters is 1. The summed E-state index contributed by atoms with van der Waals surface area (Å²) in [5.74, 6) is -0.506. The molecule has 8 nitrogen and oxygen atoms in total. The Hall–Kier alpha value is -1.71. The summed E-state index contributed by atoms with van der Waals surface area (Å²) in [5.41, 5.74) is 0.639. The molecule has 1 aliphatic rings. The van der Waals surface area contributed by atoms with E-state index in [4.69, 9.17) is 14.6 Å². The van der Waals surface area contributed by atoms with Crippen LogP contribution < -0.4 is 4.74 Å². The van der Waals surface area contributed by atoms with Gasteiger partial charge in [-0.05, 0) is 64.5 Å². The number of rotatable bonds is 9. The smallest absolute Gasteiger partial charge is 0.324 e. The normalized spacial score (nSPS) is 19.2. The van der Waals surface area contributed by atoms with E-state index in [1.54, 1.807) is 13.0 Å². The highest BCUT2D eigenvalue weighted by Gasteiger charge is 2.40. The lowest BCUT2D eigenvalue weighted by Gasteiger charge is -2.33. The van der Waals surface area contributed by atoms with Gasteiger partial charge in [0, 0.05) is 18.8 Å². The molecule has 1 aliphatic heterocycles. The summed E-state index contributed by atoms with van der Waals surface area (Å²) in [5, 5.41) is 8.91. The molecule has 9 heteroatoms. The van der Waals surface area contributed by atoms with Crippen molar-refractivity contribution >= 4 is 16.0 Å². The van der Waals surface area contributed by atoms with Gasteiger partial charge in [0.05, 0.1) is 13.2 Å². The van der Waals surface area contributed by atoms with Gasteiger partial charge in [0.2, 0.25) is 15.9 Å². The Kier molecular flexibility index (Phi) is 8.21. The molecule has 1 fully saturated rings. The van der Waals surface area contributed by atoms with Crippen LogP contribution in [0.3, 0.4) is 0 Å². The van der Waals surface area contributed by atoms with Gasteiger partial charge in [-0.25, -0.2) is 13.4 Å².